The fraction of sp³-hybridized carbons (Fsp3) is 0.500. The quantitative estimate of drug-likeness (QED) is 0.856. The topological polar surface area (TPSA) is 29.3 Å². The van der Waals surface area contributed by atoms with Gasteiger partial charge in [-0.1, -0.05) is 12.5 Å². The highest BCUT2D eigenvalue weighted by Gasteiger charge is 2.16. The van der Waals surface area contributed by atoms with Crippen molar-refractivity contribution in [3.8, 4) is 0 Å². The van der Waals surface area contributed by atoms with Crippen molar-refractivity contribution >= 4 is 5.65 Å². The molecule has 0 aromatic carbocycles. The van der Waals surface area contributed by atoms with Crippen LogP contribution in [0.25, 0.3) is 5.65 Å². The van der Waals surface area contributed by atoms with Gasteiger partial charge in [0.1, 0.15) is 5.65 Å². The second-order valence-electron chi connectivity index (χ2n) is 4.92. The molecule has 0 amide bonds. The molecule has 0 radical (unpaired) electrons. The van der Waals surface area contributed by atoms with E-state index in [9.17, 15) is 0 Å². The molecule has 3 heterocycles. The highest BCUT2D eigenvalue weighted by atomic mass is 15.0. The Bertz CT molecular complexity index is 509. The van der Waals surface area contributed by atoms with Gasteiger partial charge in [0.15, 0.2) is 0 Å². The normalized spacial score (nSPS) is 20.9. The number of aromatic nitrogens is 2. The fourth-order valence-electron chi connectivity index (χ4n) is 2.69. The van der Waals surface area contributed by atoms with Crippen LogP contribution in [0.1, 0.15) is 30.7 Å². The number of nitrogens with one attached hydrogen (secondary N) is 1. The summed E-state index contributed by atoms with van der Waals surface area (Å²) in [7, 11) is 0. The number of hydrogen-bond acceptors (Lipinski definition) is 2. The van der Waals surface area contributed by atoms with Crippen LogP contribution in [0.5, 0.6) is 0 Å². The molecule has 0 saturated carbocycles. The number of piperidine rings is 1. The lowest BCUT2D eigenvalue weighted by molar-refractivity contribution is 0.397. The van der Waals surface area contributed by atoms with E-state index in [0.717, 1.165) is 18.6 Å². The maximum Gasteiger partial charge on any atom is 0.137 e. The van der Waals surface area contributed by atoms with E-state index in [2.05, 4.69) is 35.0 Å². The zero-order chi connectivity index (χ0) is 11.7. The van der Waals surface area contributed by atoms with E-state index < -0.39 is 0 Å². The van der Waals surface area contributed by atoms with Crippen LogP contribution < -0.4 is 5.32 Å². The molecule has 1 aliphatic heterocycles. The van der Waals surface area contributed by atoms with Gasteiger partial charge >= 0.3 is 0 Å². The van der Waals surface area contributed by atoms with Crippen LogP contribution in [-0.2, 0) is 6.42 Å². The standard InChI is InChI=1S/C14H19N3/c1-11-13(10-12-6-2-4-8-15-12)16-14-7-3-5-9-17(11)14/h3,5,7,9,12,15H,2,4,6,8,10H2,1H3. The number of pyridine rings is 1. The lowest BCUT2D eigenvalue weighted by atomic mass is 10.00. The molecule has 1 atom stereocenters. The molecule has 3 rings (SSSR count). The molecule has 2 aromatic heterocycles. The first kappa shape index (κ1) is 10.8. The molecule has 1 unspecified atom stereocenters. The van der Waals surface area contributed by atoms with Crippen LogP contribution in [0.15, 0.2) is 24.4 Å². The molecule has 17 heavy (non-hydrogen) atoms. The molecular weight excluding hydrogens is 210 g/mol. The van der Waals surface area contributed by atoms with Gasteiger partial charge < -0.3 is 9.72 Å². The van der Waals surface area contributed by atoms with Gasteiger partial charge in [0.2, 0.25) is 0 Å². The molecule has 2 aromatic rings. The zero-order valence-corrected chi connectivity index (χ0v) is 10.3. The zero-order valence-electron chi connectivity index (χ0n) is 10.3. The molecule has 3 heteroatoms. The highest BCUT2D eigenvalue weighted by molar-refractivity contribution is 5.42. The van der Waals surface area contributed by atoms with Crippen molar-refractivity contribution < 1.29 is 0 Å². The van der Waals surface area contributed by atoms with Gasteiger partial charge in [0.25, 0.3) is 0 Å². The molecule has 1 fully saturated rings. The Kier molecular flexibility index (Phi) is 2.85. The number of hydrogen-bond donors (Lipinski definition) is 1. The minimum absolute atomic E-state index is 0.618. The minimum atomic E-state index is 0.618. The van der Waals surface area contributed by atoms with Gasteiger partial charge in [-0.05, 0) is 38.4 Å². The lowest BCUT2D eigenvalue weighted by Gasteiger charge is -2.22. The van der Waals surface area contributed by atoms with Crippen LogP contribution in [0, 0.1) is 6.92 Å². The van der Waals surface area contributed by atoms with E-state index in [0.29, 0.717) is 6.04 Å². The summed E-state index contributed by atoms with van der Waals surface area (Å²) in [6.45, 7) is 3.33. The van der Waals surface area contributed by atoms with Gasteiger partial charge in [0, 0.05) is 24.4 Å². The second-order valence-corrected chi connectivity index (χ2v) is 4.92. The average molecular weight is 229 g/mol. The Labute approximate surface area is 102 Å². The van der Waals surface area contributed by atoms with Crippen LogP contribution in [0.4, 0.5) is 0 Å². The van der Waals surface area contributed by atoms with E-state index in [1.165, 1.54) is 30.7 Å². The number of rotatable bonds is 2. The maximum atomic E-state index is 4.73. The number of fused-ring (bicyclic) bond motifs is 1. The summed E-state index contributed by atoms with van der Waals surface area (Å²) in [5.74, 6) is 0. The van der Waals surface area contributed by atoms with Gasteiger partial charge in [-0.25, -0.2) is 4.98 Å². The molecule has 0 spiro atoms. The third kappa shape index (κ3) is 2.07. The van der Waals surface area contributed by atoms with E-state index >= 15 is 0 Å². The minimum Gasteiger partial charge on any atom is -0.314 e. The van der Waals surface area contributed by atoms with Gasteiger partial charge in [-0.15, -0.1) is 0 Å². The SMILES string of the molecule is Cc1c(CC2CCCCN2)nc2ccccn12. The van der Waals surface area contributed by atoms with E-state index in [4.69, 9.17) is 4.98 Å². The molecule has 1 N–H and O–H groups in total. The molecule has 0 aliphatic carbocycles. The van der Waals surface area contributed by atoms with Crippen molar-refractivity contribution in [2.45, 2.75) is 38.6 Å². The maximum absolute atomic E-state index is 4.73. The Morgan fingerprint density at radius 2 is 2.35 bits per heavy atom. The molecule has 1 aliphatic rings. The first-order valence-electron chi connectivity index (χ1n) is 6.50. The van der Waals surface area contributed by atoms with Crippen LogP contribution in [-0.4, -0.2) is 22.0 Å². The predicted molar refractivity (Wildman–Crippen MR) is 69.3 cm³/mol. The van der Waals surface area contributed by atoms with Gasteiger partial charge in [-0.2, -0.15) is 0 Å². The van der Waals surface area contributed by atoms with E-state index in [1.54, 1.807) is 0 Å². The summed E-state index contributed by atoms with van der Waals surface area (Å²) in [6, 6.07) is 6.80. The Hall–Kier alpha value is -1.35. The molecule has 1 saturated heterocycles. The average Bonchev–Trinajstić information content (AvgIpc) is 2.68. The summed E-state index contributed by atoms with van der Waals surface area (Å²) >= 11 is 0. The molecule has 90 valence electrons. The van der Waals surface area contributed by atoms with Crippen molar-refractivity contribution in [1.82, 2.24) is 14.7 Å². The van der Waals surface area contributed by atoms with Crippen molar-refractivity contribution in [2.24, 2.45) is 0 Å². The monoisotopic (exact) mass is 229 g/mol. The van der Waals surface area contributed by atoms with Crippen molar-refractivity contribution in [3.05, 3.63) is 35.8 Å². The van der Waals surface area contributed by atoms with Gasteiger partial charge in [0.05, 0.1) is 5.69 Å². The summed E-state index contributed by atoms with van der Waals surface area (Å²) in [6.07, 6.45) is 7.11. The Balaban J connectivity index is 1.87. The number of imidazole rings is 1. The molecular formula is C14H19N3. The lowest BCUT2D eigenvalue weighted by Crippen LogP contribution is -2.35. The highest BCUT2D eigenvalue weighted by Crippen LogP contribution is 2.16. The summed E-state index contributed by atoms with van der Waals surface area (Å²) in [5, 5.41) is 3.59. The summed E-state index contributed by atoms with van der Waals surface area (Å²) < 4.78 is 2.18. The first-order valence-corrected chi connectivity index (χ1v) is 6.50. The summed E-state index contributed by atoms with van der Waals surface area (Å²) in [5.41, 5.74) is 3.60. The van der Waals surface area contributed by atoms with Crippen LogP contribution in [0.3, 0.4) is 0 Å². The number of nitrogens with zero attached hydrogens (tertiary/aromatic N) is 2. The smallest absolute Gasteiger partial charge is 0.137 e. The second kappa shape index (κ2) is 4.49. The van der Waals surface area contributed by atoms with E-state index in [-0.39, 0.29) is 0 Å². The Morgan fingerprint density at radius 1 is 1.41 bits per heavy atom. The van der Waals surface area contributed by atoms with E-state index in [1.807, 2.05) is 6.07 Å². The predicted octanol–water partition coefficient (Wildman–Crippen LogP) is 2.33. The van der Waals surface area contributed by atoms with Crippen molar-refractivity contribution in [3.63, 3.8) is 0 Å². The number of aryl methyl sites for hydroxylation is 1. The third-order valence-corrected chi connectivity index (χ3v) is 3.72. The van der Waals surface area contributed by atoms with Crippen LogP contribution in [0.2, 0.25) is 0 Å². The van der Waals surface area contributed by atoms with Crippen molar-refractivity contribution in [2.75, 3.05) is 6.54 Å². The van der Waals surface area contributed by atoms with Gasteiger partial charge in [-0.3, -0.25) is 0 Å². The third-order valence-electron chi connectivity index (χ3n) is 3.72. The largest absolute Gasteiger partial charge is 0.314 e. The first-order chi connectivity index (χ1) is 8.34. The fourth-order valence-corrected chi connectivity index (χ4v) is 2.69. The molecule has 3 nitrogen and oxygen atoms in total. The Morgan fingerprint density at radius 3 is 3.12 bits per heavy atom. The summed E-state index contributed by atoms with van der Waals surface area (Å²) in [4.78, 5) is 4.73. The van der Waals surface area contributed by atoms with Crippen molar-refractivity contribution in [1.29, 1.82) is 0 Å². The molecule has 0 bridgehead atoms. The van der Waals surface area contributed by atoms with Crippen LogP contribution >= 0.6 is 0 Å².